The molecule has 0 aliphatic rings. The lowest BCUT2D eigenvalue weighted by atomic mass is 9.99. The molecule has 2 aromatic carbocycles. The molecule has 154 valence electrons. The third kappa shape index (κ3) is 8.04. The average Bonchev–Trinajstić information content (AvgIpc) is 2.71. The van der Waals surface area contributed by atoms with E-state index < -0.39 is 0 Å². The van der Waals surface area contributed by atoms with Gasteiger partial charge in [-0.15, -0.1) is 0 Å². The highest BCUT2D eigenvalue weighted by Crippen LogP contribution is 2.24. The normalized spacial score (nSPS) is 12.2. The summed E-state index contributed by atoms with van der Waals surface area (Å²) in [5.41, 5.74) is 1.20. The van der Waals surface area contributed by atoms with Crippen LogP contribution < -0.4 is 5.32 Å². The first-order valence-electron chi connectivity index (χ1n) is 11.5. The Balaban J connectivity index is 1.57. The summed E-state index contributed by atoms with van der Waals surface area (Å²) >= 11 is 0. The molecule has 0 aliphatic carbocycles. The van der Waals surface area contributed by atoms with Gasteiger partial charge >= 0.3 is 0 Å². The van der Waals surface area contributed by atoms with Crippen molar-refractivity contribution in [2.45, 2.75) is 96.9 Å². The Morgan fingerprint density at radius 3 is 2.04 bits per heavy atom. The second-order valence-electron chi connectivity index (χ2n) is 8.14. The van der Waals surface area contributed by atoms with Crippen molar-refractivity contribution >= 4 is 16.7 Å². The van der Waals surface area contributed by atoms with Crippen LogP contribution in [0.5, 0.6) is 0 Å². The molecule has 0 heterocycles. The maximum atomic E-state index is 12.3. The summed E-state index contributed by atoms with van der Waals surface area (Å²) in [7, 11) is 0. The van der Waals surface area contributed by atoms with Gasteiger partial charge in [-0.1, -0.05) is 114 Å². The molecular formula is C26H39NO. The van der Waals surface area contributed by atoms with Crippen LogP contribution in [0.3, 0.4) is 0 Å². The van der Waals surface area contributed by atoms with Crippen molar-refractivity contribution in [3.05, 3.63) is 48.0 Å². The average molecular weight is 382 g/mol. The molecule has 0 radical (unpaired) electrons. The van der Waals surface area contributed by atoms with E-state index in [1.807, 2.05) is 0 Å². The van der Waals surface area contributed by atoms with E-state index >= 15 is 0 Å². The summed E-state index contributed by atoms with van der Waals surface area (Å²) in [5.74, 6) is 0.177. The number of carbonyl (C=O) groups excluding carboxylic acids is 1. The Kier molecular flexibility index (Phi) is 10.7. The van der Waals surface area contributed by atoms with Crippen molar-refractivity contribution in [3.63, 3.8) is 0 Å². The molecule has 2 nitrogen and oxygen atoms in total. The van der Waals surface area contributed by atoms with Gasteiger partial charge in [0, 0.05) is 6.42 Å². The zero-order valence-electron chi connectivity index (χ0n) is 18.0. The molecule has 0 bridgehead atoms. The number of unbranched alkanes of at least 4 members (excludes halogenated alkanes) is 10. The quantitative estimate of drug-likeness (QED) is 0.333. The molecule has 0 aromatic heterocycles. The lowest BCUT2D eigenvalue weighted by Gasteiger charge is -2.16. The molecule has 2 aromatic rings. The molecule has 0 fully saturated rings. The molecule has 0 unspecified atom stereocenters. The molecule has 0 saturated heterocycles. The number of hydrogen-bond acceptors (Lipinski definition) is 1. The number of carbonyl (C=O) groups is 1. The second-order valence-corrected chi connectivity index (χ2v) is 8.14. The van der Waals surface area contributed by atoms with E-state index in [1.165, 1.54) is 80.5 Å². The van der Waals surface area contributed by atoms with Gasteiger partial charge in [-0.05, 0) is 29.7 Å². The fourth-order valence-corrected chi connectivity index (χ4v) is 3.97. The van der Waals surface area contributed by atoms with Gasteiger partial charge in [-0.25, -0.2) is 0 Å². The van der Waals surface area contributed by atoms with Gasteiger partial charge in [0.05, 0.1) is 6.04 Å². The summed E-state index contributed by atoms with van der Waals surface area (Å²) < 4.78 is 0. The third-order valence-electron chi connectivity index (χ3n) is 5.67. The Morgan fingerprint density at radius 1 is 0.786 bits per heavy atom. The van der Waals surface area contributed by atoms with Crippen LogP contribution in [0.1, 0.15) is 103 Å². The SMILES string of the molecule is CCCCCCCCCCCCCC(=O)N[C@@H](C)c1cccc2ccccc12. The van der Waals surface area contributed by atoms with Gasteiger partial charge in [-0.2, -0.15) is 0 Å². The fraction of sp³-hybridized carbons (Fsp3) is 0.577. The molecule has 2 rings (SSSR count). The summed E-state index contributed by atoms with van der Waals surface area (Å²) in [6, 6.07) is 14.7. The van der Waals surface area contributed by atoms with E-state index in [9.17, 15) is 4.79 Å². The van der Waals surface area contributed by atoms with Crippen LogP contribution in [0, 0.1) is 0 Å². The fourth-order valence-electron chi connectivity index (χ4n) is 3.97. The topological polar surface area (TPSA) is 29.1 Å². The largest absolute Gasteiger partial charge is 0.350 e. The van der Waals surface area contributed by atoms with Crippen molar-refractivity contribution in [2.75, 3.05) is 0 Å². The highest BCUT2D eigenvalue weighted by molar-refractivity contribution is 5.86. The molecule has 2 heteroatoms. The smallest absolute Gasteiger partial charge is 0.220 e. The number of rotatable bonds is 14. The highest BCUT2D eigenvalue weighted by atomic mass is 16.1. The minimum Gasteiger partial charge on any atom is -0.350 e. The van der Waals surface area contributed by atoms with E-state index in [1.54, 1.807) is 0 Å². The number of nitrogens with one attached hydrogen (secondary N) is 1. The second kappa shape index (κ2) is 13.4. The van der Waals surface area contributed by atoms with Crippen LogP contribution in [-0.4, -0.2) is 5.91 Å². The number of fused-ring (bicyclic) bond motifs is 1. The molecule has 0 aliphatic heterocycles. The van der Waals surface area contributed by atoms with E-state index in [-0.39, 0.29) is 11.9 Å². The van der Waals surface area contributed by atoms with E-state index in [0.717, 1.165) is 6.42 Å². The summed E-state index contributed by atoms with van der Waals surface area (Å²) in [6.45, 7) is 4.35. The van der Waals surface area contributed by atoms with Crippen LogP contribution >= 0.6 is 0 Å². The first-order chi connectivity index (χ1) is 13.7. The summed E-state index contributed by atoms with van der Waals surface area (Å²) in [6.07, 6.45) is 15.1. The maximum absolute atomic E-state index is 12.3. The van der Waals surface area contributed by atoms with Crippen molar-refractivity contribution in [1.29, 1.82) is 0 Å². The zero-order valence-corrected chi connectivity index (χ0v) is 18.0. The van der Waals surface area contributed by atoms with Gasteiger partial charge in [0.25, 0.3) is 0 Å². The number of benzene rings is 2. The molecular weight excluding hydrogens is 342 g/mol. The molecule has 1 atom stereocenters. The van der Waals surface area contributed by atoms with Crippen molar-refractivity contribution < 1.29 is 4.79 Å². The predicted octanol–water partition coefficient (Wildman–Crippen LogP) is 7.72. The van der Waals surface area contributed by atoms with Gasteiger partial charge in [0.1, 0.15) is 0 Å². The Labute approximate surface area is 172 Å². The first-order valence-corrected chi connectivity index (χ1v) is 11.5. The summed E-state index contributed by atoms with van der Waals surface area (Å²) in [5, 5.41) is 5.64. The molecule has 28 heavy (non-hydrogen) atoms. The molecule has 0 saturated carbocycles. The van der Waals surface area contributed by atoms with Gasteiger partial charge in [0.2, 0.25) is 5.91 Å². The van der Waals surface area contributed by atoms with Crippen LogP contribution in [-0.2, 0) is 4.79 Å². The van der Waals surface area contributed by atoms with Crippen molar-refractivity contribution in [1.82, 2.24) is 5.32 Å². The summed E-state index contributed by atoms with van der Waals surface area (Å²) in [4.78, 5) is 12.3. The Bertz CT molecular complexity index is 688. The zero-order chi connectivity index (χ0) is 20.0. The van der Waals surface area contributed by atoms with Gasteiger partial charge in [-0.3, -0.25) is 4.79 Å². The standard InChI is InChI=1S/C26H39NO/c1-3-4-5-6-7-8-9-10-11-12-13-21-26(28)27-22(2)24-20-16-18-23-17-14-15-19-25(23)24/h14-20,22H,3-13,21H2,1-2H3,(H,27,28)/t22-/m0/s1. The predicted molar refractivity (Wildman–Crippen MR) is 122 cm³/mol. The molecule has 0 spiro atoms. The highest BCUT2D eigenvalue weighted by Gasteiger charge is 2.11. The minimum absolute atomic E-state index is 0.0475. The molecule has 1 amide bonds. The minimum atomic E-state index is 0.0475. The number of amides is 1. The van der Waals surface area contributed by atoms with Crippen molar-refractivity contribution in [3.8, 4) is 0 Å². The van der Waals surface area contributed by atoms with Crippen LogP contribution in [0.15, 0.2) is 42.5 Å². The Hall–Kier alpha value is -1.83. The lowest BCUT2D eigenvalue weighted by Crippen LogP contribution is -2.26. The van der Waals surface area contributed by atoms with Crippen molar-refractivity contribution in [2.24, 2.45) is 0 Å². The van der Waals surface area contributed by atoms with Crippen LogP contribution in [0.25, 0.3) is 10.8 Å². The van der Waals surface area contributed by atoms with Crippen LogP contribution in [0.2, 0.25) is 0 Å². The van der Waals surface area contributed by atoms with Crippen LogP contribution in [0.4, 0.5) is 0 Å². The Morgan fingerprint density at radius 2 is 1.36 bits per heavy atom. The monoisotopic (exact) mass is 381 g/mol. The van der Waals surface area contributed by atoms with E-state index in [4.69, 9.17) is 0 Å². The number of hydrogen-bond donors (Lipinski definition) is 1. The lowest BCUT2D eigenvalue weighted by molar-refractivity contribution is -0.121. The third-order valence-corrected chi connectivity index (χ3v) is 5.67. The van der Waals surface area contributed by atoms with Gasteiger partial charge < -0.3 is 5.32 Å². The maximum Gasteiger partial charge on any atom is 0.220 e. The first kappa shape index (κ1) is 22.5. The van der Waals surface area contributed by atoms with E-state index in [2.05, 4.69) is 61.6 Å². The molecule has 1 N–H and O–H groups in total. The van der Waals surface area contributed by atoms with Gasteiger partial charge in [0.15, 0.2) is 0 Å². The van der Waals surface area contributed by atoms with E-state index in [0.29, 0.717) is 6.42 Å².